The van der Waals surface area contributed by atoms with Crippen molar-refractivity contribution in [2.45, 2.75) is 27.2 Å². The Bertz CT molecular complexity index is 720. The highest BCUT2D eigenvalue weighted by molar-refractivity contribution is 14.1. The number of carbonyl (C=O) groups is 2. The lowest BCUT2D eigenvalue weighted by Gasteiger charge is -2.16. The third-order valence-corrected chi connectivity index (χ3v) is 5.14. The molecule has 0 radical (unpaired) electrons. The number of nitrogens with one attached hydrogen (secondary N) is 1. The zero-order valence-corrected chi connectivity index (χ0v) is 16.5. The van der Waals surface area contributed by atoms with Gasteiger partial charge in [-0.2, -0.15) is 0 Å². The number of hydrogen-bond donors (Lipinski definition) is 1. The second kappa shape index (κ2) is 7.08. The molecule has 5 heteroatoms. The van der Waals surface area contributed by atoms with Gasteiger partial charge in [0.25, 0.3) is 5.91 Å². The summed E-state index contributed by atoms with van der Waals surface area (Å²) in [6.45, 7) is 6.03. The van der Waals surface area contributed by atoms with Crippen LogP contribution < -0.4 is 5.32 Å². The molecule has 0 heterocycles. The molecule has 22 heavy (non-hydrogen) atoms. The number of allylic oxidation sites excluding steroid dienone is 3. The summed E-state index contributed by atoms with van der Waals surface area (Å²) in [7, 11) is 0. The maximum atomic E-state index is 12.4. The quantitative estimate of drug-likeness (QED) is 0.664. The Hall–Kier alpha value is -0.950. The van der Waals surface area contributed by atoms with E-state index in [1.165, 1.54) is 0 Å². The molecule has 0 saturated heterocycles. The largest absolute Gasteiger partial charge is 0.348 e. The highest BCUT2D eigenvalue weighted by Crippen LogP contribution is 2.24. The predicted octanol–water partition coefficient (Wildman–Crippen LogP) is 4.33. The third-order valence-electron chi connectivity index (χ3n) is 3.69. The molecule has 0 fully saturated rings. The third kappa shape index (κ3) is 3.87. The zero-order valence-electron chi connectivity index (χ0n) is 12.7. The van der Waals surface area contributed by atoms with E-state index >= 15 is 0 Å². The number of halogens is 2. The normalized spacial score (nSPS) is 15.0. The summed E-state index contributed by atoms with van der Waals surface area (Å²) >= 11 is 5.64. The van der Waals surface area contributed by atoms with Gasteiger partial charge in [0, 0.05) is 32.1 Å². The van der Waals surface area contributed by atoms with Gasteiger partial charge in [-0.05, 0) is 66.6 Å². The molecule has 3 nitrogen and oxygen atoms in total. The number of Topliss-reactive ketones (excluding diaryl/α,β-unsaturated/α-hetero) is 1. The average Bonchev–Trinajstić information content (AvgIpc) is 2.41. The van der Waals surface area contributed by atoms with Gasteiger partial charge >= 0.3 is 0 Å². The van der Waals surface area contributed by atoms with Crippen LogP contribution >= 0.6 is 38.5 Å². The van der Waals surface area contributed by atoms with E-state index in [0.717, 1.165) is 24.8 Å². The summed E-state index contributed by atoms with van der Waals surface area (Å²) in [6.07, 6.45) is 2.45. The summed E-state index contributed by atoms with van der Waals surface area (Å²) in [5.74, 6) is -0.0607. The second-order valence-corrected chi connectivity index (χ2v) is 7.60. The number of carbonyl (C=O) groups excluding carboxylic acids is 2. The zero-order chi connectivity index (χ0) is 16.4. The van der Waals surface area contributed by atoms with E-state index < -0.39 is 0 Å². The topological polar surface area (TPSA) is 46.2 Å². The fourth-order valence-corrected chi connectivity index (χ4v) is 3.98. The minimum Gasteiger partial charge on any atom is -0.348 e. The first-order chi connectivity index (χ1) is 10.3. The molecule has 116 valence electrons. The minimum atomic E-state index is -0.156. The number of rotatable bonds is 3. The van der Waals surface area contributed by atoms with Crippen LogP contribution in [0.5, 0.6) is 0 Å². The Kier molecular flexibility index (Phi) is 5.60. The molecule has 0 aliphatic heterocycles. The Morgan fingerprint density at radius 2 is 2.00 bits per heavy atom. The molecular weight excluding hydrogens is 457 g/mol. The number of benzene rings is 1. The Labute approximate surface area is 152 Å². The minimum absolute atomic E-state index is 0.0957. The van der Waals surface area contributed by atoms with Crippen LogP contribution in [-0.2, 0) is 4.79 Å². The summed E-state index contributed by atoms with van der Waals surface area (Å²) in [6, 6.07) is 3.82. The van der Waals surface area contributed by atoms with Crippen LogP contribution in [0.2, 0.25) is 0 Å². The summed E-state index contributed by atoms with van der Waals surface area (Å²) in [5.41, 5.74) is 4.23. The van der Waals surface area contributed by atoms with Gasteiger partial charge in [0.05, 0.1) is 0 Å². The van der Waals surface area contributed by atoms with Gasteiger partial charge in [0.2, 0.25) is 0 Å². The van der Waals surface area contributed by atoms with Gasteiger partial charge in [-0.3, -0.25) is 9.59 Å². The monoisotopic (exact) mass is 473 g/mol. The highest BCUT2D eigenvalue weighted by atomic mass is 127. The van der Waals surface area contributed by atoms with E-state index in [1.54, 1.807) is 0 Å². The van der Waals surface area contributed by atoms with Gasteiger partial charge < -0.3 is 5.32 Å². The molecule has 1 N–H and O–H groups in total. The van der Waals surface area contributed by atoms with Crippen molar-refractivity contribution >= 4 is 50.2 Å². The SMILES string of the molecule is CC1=CC(C)=C(CNC(=O)c2cc(I)cc(Br)c2C)C(=O)C1. The standard InChI is InChI=1S/C17H17BrINO2/c1-9-4-10(2)14(16(21)5-9)8-20-17(22)13-6-12(19)7-15(18)11(13)3/h4,6-7H,5,8H2,1-3H3,(H,20,22). The average molecular weight is 474 g/mol. The fraction of sp³-hybridized carbons (Fsp3) is 0.294. The Balaban J connectivity index is 2.18. The van der Waals surface area contributed by atoms with Crippen molar-refractivity contribution in [3.05, 3.63) is 54.1 Å². The lowest BCUT2D eigenvalue weighted by molar-refractivity contribution is -0.115. The molecule has 1 aromatic carbocycles. The Morgan fingerprint density at radius 1 is 1.32 bits per heavy atom. The summed E-state index contributed by atoms with van der Waals surface area (Å²) < 4.78 is 1.90. The molecule has 1 aliphatic rings. The van der Waals surface area contributed by atoms with Gasteiger partial charge in [0.1, 0.15) is 0 Å². The van der Waals surface area contributed by atoms with Crippen LogP contribution in [0.1, 0.15) is 36.2 Å². The van der Waals surface area contributed by atoms with Crippen LogP contribution in [0.4, 0.5) is 0 Å². The van der Waals surface area contributed by atoms with Crippen LogP contribution in [-0.4, -0.2) is 18.2 Å². The van der Waals surface area contributed by atoms with E-state index in [1.807, 2.05) is 39.0 Å². The summed E-state index contributed by atoms with van der Waals surface area (Å²) in [5, 5.41) is 2.87. The van der Waals surface area contributed by atoms with Crippen LogP contribution in [0.25, 0.3) is 0 Å². The summed E-state index contributed by atoms with van der Waals surface area (Å²) in [4.78, 5) is 24.5. The van der Waals surface area contributed by atoms with E-state index in [0.29, 0.717) is 17.6 Å². The molecule has 0 aromatic heterocycles. The molecule has 1 aliphatic carbocycles. The van der Waals surface area contributed by atoms with Crippen molar-refractivity contribution in [2.24, 2.45) is 0 Å². The molecule has 1 amide bonds. The number of amides is 1. The van der Waals surface area contributed by atoms with Gasteiger partial charge in [0.15, 0.2) is 5.78 Å². The first kappa shape index (κ1) is 17.4. The van der Waals surface area contributed by atoms with Crippen molar-refractivity contribution in [3.63, 3.8) is 0 Å². The highest BCUT2D eigenvalue weighted by Gasteiger charge is 2.19. The van der Waals surface area contributed by atoms with Crippen LogP contribution in [0.15, 0.2) is 39.4 Å². The lowest BCUT2D eigenvalue weighted by atomic mass is 9.92. The van der Waals surface area contributed by atoms with Crippen LogP contribution in [0, 0.1) is 10.5 Å². The molecule has 2 rings (SSSR count). The first-order valence-corrected chi connectivity index (χ1v) is 8.80. The Morgan fingerprint density at radius 3 is 2.64 bits per heavy atom. The predicted molar refractivity (Wildman–Crippen MR) is 100 cm³/mol. The van der Waals surface area contributed by atoms with Gasteiger partial charge in [-0.1, -0.05) is 27.6 Å². The van der Waals surface area contributed by atoms with E-state index in [-0.39, 0.29) is 18.2 Å². The van der Waals surface area contributed by atoms with E-state index in [4.69, 9.17) is 0 Å². The maximum absolute atomic E-state index is 12.4. The number of hydrogen-bond acceptors (Lipinski definition) is 2. The molecule has 0 bridgehead atoms. The maximum Gasteiger partial charge on any atom is 0.251 e. The smallest absolute Gasteiger partial charge is 0.251 e. The van der Waals surface area contributed by atoms with Crippen molar-refractivity contribution in [1.82, 2.24) is 5.32 Å². The molecule has 0 unspecified atom stereocenters. The van der Waals surface area contributed by atoms with Gasteiger partial charge in [-0.15, -0.1) is 0 Å². The first-order valence-electron chi connectivity index (χ1n) is 6.93. The van der Waals surface area contributed by atoms with Gasteiger partial charge in [-0.25, -0.2) is 0 Å². The van der Waals surface area contributed by atoms with Crippen molar-refractivity contribution in [2.75, 3.05) is 6.54 Å². The molecule has 0 saturated carbocycles. The van der Waals surface area contributed by atoms with E-state index in [9.17, 15) is 9.59 Å². The molecular formula is C17H17BrINO2. The van der Waals surface area contributed by atoms with E-state index in [2.05, 4.69) is 43.8 Å². The number of ketones is 1. The second-order valence-electron chi connectivity index (χ2n) is 5.50. The lowest BCUT2D eigenvalue weighted by Crippen LogP contribution is -2.30. The molecule has 0 spiro atoms. The fourth-order valence-electron chi connectivity index (χ4n) is 2.47. The molecule has 1 aromatic rings. The van der Waals surface area contributed by atoms with Crippen LogP contribution in [0.3, 0.4) is 0 Å². The van der Waals surface area contributed by atoms with Crippen molar-refractivity contribution in [3.8, 4) is 0 Å². The van der Waals surface area contributed by atoms with Crippen molar-refractivity contribution < 1.29 is 9.59 Å². The molecule has 0 atom stereocenters. The van der Waals surface area contributed by atoms with Crippen molar-refractivity contribution in [1.29, 1.82) is 0 Å².